The Bertz CT molecular complexity index is 602. The molecule has 1 saturated carbocycles. The zero-order valence-corrected chi connectivity index (χ0v) is 15.1. The van der Waals surface area contributed by atoms with Crippen molar-refractivity contribution in [2.45, 2.75) is 56.5 Å². The molecule has 1 spiro atoms. The molecule has 3 rings (SSSR count). The zero-order valence-electron chi connectivity index (χ0n) is 15.1. The van der Waals surface area contributed by atoms with Crippen molar-refractivity contribution in [2.24, 2.45) is 0 Å². The summed E-state index contributed by atoms with van der Waals surface area (Å²) < 4.78 is 4.67. The summed E-state index contributed by atoms with van der Waals surface area (Å²) in [6, 6.07) is -0.531. The Labute approximate surface area is 152 Å². The van der Waals surface area contributed by atoms with E-state index in [2.05, 4.69) is 15.4 Å². The molecular weight excluding hydrogens is 340 g/mol. The van der Waals surface area contributed by atoms with Gasteiger partial charge in [0.1, 0.15) is 5.54 Å². The molecule has 0 aromatic rings. The minimum absolute atomic E-state index is 0.0595. The van der Waals surface area contributed by atoms with E-state index in [9.17, 15) is 19.2 Å². The van der Waals surface area contributed by atoms with Crippen LogP contribution in [0.15, 0.2) is 0 Å². The van der Waals surface area contributed by atoms with Crippen molar-refractivity contribution in [2.75, 3.05) is 26.7 Å². The topological polar surface area (TPSA) is 108 Å². The third-order valence-corrected chi connectivity index (χ3v) is 5.50. The lowest BCUT2D eigenvalue weighted by molar-refractivity contribution is -0.132. The fourth-order valence-electron chi connectivity index (χ4n) is 4.06. The molecule has 0 radical (unpaired) electrons. The van der Waals surface area contributed by atoms with E-state index in [0.717, 1.165) is 19.3 Å². The highest BCUT2D eigenvalue weighted by molar-refractivity contribution is 6.07. The van der Waals surface area contributed by atoms with Crippen LogP contribution in [-0.4, -0.2) is 72.1 Å². The number of carbonyl (C=O) groups is 4. The van der Waals surface area contributed by atoms with Crippen molar-refractivity contribution in [1.82, 2.24) is 20.4 Å². The van der Waals surface area contributed by atoms with E-state index >= 15 is 0 Å². The number of amides is 5. The lowest BCUT2D eigenvalue weighted by atomic mass is 9.82. The van der Waals surface area contributed by atoms with Gasteiger partial charge < -0.3 is 20.3 Å². The van der Waals surface area contributed by atoms with Crippen LogP contribution in [0.3, 0.4) is 0 Å². The first-order valence-corrected chi connectivity index (χ1v) is 9.21. The number of imide groups is 1. The molecule has 5 amide bonds. The molecule has 2 N–H and O–H groups in total. The monoisotopic (exact) mass is 366 g/mol. The van der Waals surface area contributed by atoms with Crippen LogP contribution in [0, 0.1) is 0 Å². The molecule has 26 heavy (non-hydrogen) atoms. The van der Waals surface area contributed by atoms with Gasteiger partial charge in [0.05, 0.1) is 7.11 Å². The normalized spacial score (nSPS) is 24.7. The van der Waals surface area contributed by atoms with Crippen molar-refractivity contribution < 1.29 is 23.9 Å². The van der Waals surface area contributed by atoms with Gasteiger partial charge in [-0.3, -0.25) is 14.5 Å². The molecule has 2 heterocycles. The number of nitrogens with zero attached hydrogens (tertiary/aromatic N) is 2. The summed E-state index contributed by atoms with van der Waals surface area (Å²) in [7, 11) is 1.32. The van der Waals surface area contributed by atoms with Crippen LogP contribution in [0.5, 0.6) is 0 Å². The summed E-state index contributed by atoms with van der Waals surface area (Å²) in [6.07, 6.45) is 4.60. The van der Waals surface area contributed by atoms with Crippen LogP contribution in [0.4, 0.5) is 9.59 Å². The molecule has 144 valence electrons. The third-order valence-electron chi connectivity index (χ3n) is 5.50. The number of rotatable bonds is 4. The van der Waals surface area contributed by atoms with Crippen LogP contribution in [0.2, 0.25) is 0 Å². The SMILES string of the molecule is COC(=O)N1CC[C@H](NC(=O)CCN2C(=O)NC3(CCCCC3)C2=O)C1. The van der Waals surface area contributed by atoms with Gasteiger partial charge in [0, 0.05) is 32.1 Å². The van der Waals surface area contributed by atoms with Gasteiger partial charge in [0.15, 0.2) is 0 Å². The van der Waals surface area contributed by atoms with Crippen LogP contribution in [0.1, 0.15) is 44.9 Å². The Morgan fingerprint density at radius 3 is 2.69 bits per heavy atom. The molecular formula is C17H26N4O5. The van der Waals surface area contributed by atoms with E-state index < -0.39 is 17.7 Å². The largest absolute Gasteiger partial charge is 0.453 e. The lowest BCUT2D eigenvalue weighted by Gasteiger charge is -2.30. The average molecular weight is 366 g/mol. The van der Waals surface area contributed by atoms with Crippen LogP contribution >= 0.6 is 0 Å². The number of methoxy groups -OCH3 is 1. The predicted molar refractivity (Wildman–Crippen MR) is 91.2 cm³/mol. The van der Waals surface area contributed by atoms with E-state index in [1.807, 2.05) is 0 Å². The molecule has 2 aliphatic heterocycles. The van der Waals surface area contributed by atoms with Crippen LogP contribution < -0.4 is 10.6 Å². The molecule has 0 aromatic carbocycles. The molecule has 0 aromatic heterocycles. The first-order valence-electron chi connectivity index (χ1n) is 9.21. The van der Waals surface area contributed by atoms with E-state index in [0.29, 0.717) is 32.4 Å². The summed E-state index contributed by atoms with van der Waals surface area (Å²) in [5, 5.41) is 5.69. The molecule has 3 fully saturated rings. The number of nitrogens with one attached hydrogen (secondary N) is 2. The number of urea groups is 1. The Morgan fingerprint density at radius 2 is 2.00 bits per heavy atom. The lowest BCUT2D eigenvalue weighted by Crippen LogP contribution is -2.48. The summed E-state index contributed by atoms with van der Waals surface area (Å²) in [4.78, 5) is 51.2. The van der Waals surface area contributed by atoms with E-state index in [1.54, 1.807) is 0 Å². The maximum absolute atomic E-state index is 12.7. The number of hydrogen-bond acceptors (Lipinski definition) is 5. The van der Waals surface area contributed by atoms with Gasteiger partial charge in [-0.05, 0) is 19.3 Å². The van der Waals surface area contributed by atoms with Gasteiger partial charge in [0.25, 0.3) is 5.91 Å². The summed E-state index contributed by atoms with van der Waals surface area (Å²) >= 11 is 0. The predicted octanol–water partition coefficient (Wildman–Crippen LogP) is 0.588. The first kappa shape index (κ1) is 18.5. The maximum Gasteiger partial charge on any atom is 0.409 e. The van der Waals surface area contributed by atoms with Crippen molar-refractivity contribution in [3.63, 3.8) is 0 Å². The number of hydrogen-bond donors (Lipinski definition) is 2. The first-order chi connectivity index (χ1) is 12.4. The Morgan fingerprint density at radius 1 is 1.27 bits per heavy atom. The minimum atomic E-state index is -0.752. The number of carbonyl (C=O) groups excluding carboxylic acids is 4. The van der Waals surface area contributed by atoms with Gasteiger partial charge in [-0.25, -0.2) is 9.59 Å². The van der Waals surface area contributed by atoms with Gasteiger partial charge in [-0.15, -0.1) is 0 Å². The fraction of sp³-hybridized carbons (Fsp3) is 0.765. The van der Waals surface area contributed by atoms with Crippen LogP contribution in [0.25, 0.3) is 0 Å². The molecule has 1 aliphatic carbocycles. The molecule has 2 saturated heterocycles. The van der Waals surface area contributed by atoms with Gasteiger partial charge in [0.2, 0.25) is 5.91 Å². The van der Waals surface area contributed by atoms with Crippen molar-refractivity contribution >= 4 is 23.9 Å². The Balaban J connectivity index is 1.47. The number of likely N-dealkylation sites (tertiary alicyclic amines) is 1. The fourth-order valence-corrected chi connectivity index (χ4v) is 4.06. The quantitative estimate of drug-likeness (QED) is 0.708. The second kappa shape index (κ2) is 7.51. The van der Waals surface area contributed by atoms with E-state index in [4.69, 9.17) is 0 Å². The third kappa shape index (κ3) is 3.61. The second-order valence-electron chi connectivity index (χ2n) is 7.25. The molecule has 0 unspecified atom stereocenters. The Hall–Kier alpha value is -2.32. The standard InChI is InChI=1S/C17H26N4O5/c1-26-16(25)20-9-5-12(11-20)18-13(22)6-10-21-14(23)17(19-15(21)24)7-3-2-4-8-17/h12H,2-11H2,1H3,(H,18,22)(H,19,24)/t12-/m0/s1. The van der Waals surface area contributed by atoms with Gasteiger partial charge >= 0.3 is 12.1 Å². The van der Waals surface area contributed by atoms with Gasteiger partial charge in [-0.2, -0.15) is 0 Å². The van der Waals surface area contributed by atoms with Gasteiger partial charge in [-0.1, -0.05) is 19.3 Å². The molecule has 3 aliphatic rings. The smallest absolute Gasteiger partial charge is 0.409 e. The molecule has 1 atom stereocenters. The van der Waals surface area contributed by atoms with E-state index in [1.165, 1.54) is 16.9 Å². The highest BCUT2D eigenvalue weighted by Crippen LogP contribution is 2.33. The van der Waals surface area contributed by atoms with Crippen molar-refractivity contribution in [3.8, 4) is 0 Å². The Kier molecular flexibility index (Phi) is 5.33. The van der Waals surface area contributed by atoms with Crippen molar-refractivity contribution in [1.29, 1.82) is 0 Å². The number of ether oxygens (including phenoxy) is 1. The highest BCUT2D eigenvalue weighted by Gasteiger charge is 2.51. The van der Waals surface area contributed by atoms with Crippen molar-refractivity contribution in [3.05, 3.63) is 0 Å². The second-order valence-corrected chi connectivity index (χ2v) is 7.25. The van der Waals surface area contributed by atoms with E-state index in [-0.39, 0.29) is 30.8 Å². The molecule has 9 heteroatoms. The molecule has 9 nitrogen and oxygen atoms in total. The average Bonchev–Trinajstić information content (AvgIpc) is 3.17. The summed E-state index contributed by atoms with van der Waals surface area (Å²) in [5.41, 5.74) is -0.752. The maximum atomic E-state index is 12.7. The summed E-state index contributed by atoms with van der Waals surface area (Å²) in [6.45, 7) is 1.02. The molecule has 0 bridgehead atoms. The highest BCUT2D eigenvalue weighted by atomic mass is 16.5. The summed E-state index contributed by atoms with van der Waals surface area (Å²) in [5.74, 6) is -0.431. The minimum Gasteiger partial charge on any atom is -0.453 e. The zero-order chi connectivity index (χ0) is 18.7. The van der Waals surface area contributed by atoms with Crippen LogP contribution in [-0.2, 0) is 14.3 Å².